The third-order valence-corrected chi connectivity index (χ3v) is 5.89. The molecule has 2 unspecified atom stereocenters. The number of nitrogens with one attached hydrogen (secondary N) is 1. The first-order valence-corrected chi connectivity index (χ1v) is 8.66. The van der Waals surface area contributed by atoms with Gasteiger partial charge in [-0.3, -0.25) is 0 Å². The van der Waals surface area contributed by atoms with E-state index in [-0.39, 0.29) is 15.8 Å². The summed E-state index contributed by atoms with van der Waals surface area (Å²) in [7, 11) is -3.57. The van der Waals surface area contributed by atoms with Crippen LogP contribution in [0.5, 0.6) is 0 Å². The topological polar surface area (TPSA) is 46.2 Å². The average Bonchev–Trinajstić information content (AvgIpc) is 2.62. The second kappa shape index (κ2) is 5.67. The van der Waals surface area contributed by atoms with Gasteiger partial charge in [0.25, 0.3) is 0 Å². The lowest BCUT2D eigenvalue weighted by molar-refractivity contribution is 0.556. The molecule has 1 aromatic carbocycles. The summed E-state index contributed by atoms with van der Waals surface area (Å²) in [4.78, 5) is 0.286. The molecule has 0 bridgehead atoms. The van der Waals surface area contributed by atoms with Crippen molar-refractivity contribution in [2.24, 2.45) is 0 Å². The first kappa shape index (κ1) is 14.6. The number of hydrogen-bond donors (Lipinski definition) is 1. The molecule has 1 aliphatic carbocycles. The Morgan fingerprint density at radius 2 is 1.78 bits per heavy atom. The average molecular weight is 373 g/mol. The fourth-order valence-electron chi connectivity index (χ4n) is 2.00. The molecule has 100 valence electrons. The van der Waals surface area contributed by atoms with Gasteiger partial charge >= 0.3 is 0 Å². The van der Waals surface area contributed by atoms with Gasteiger partial charge in [0.15, 0.2) is 0 Å². The van der Waals surface area contributed by atoms with Crippen molar-refractivity contribution in [3.63, 3.8) is 0 Å². The molecule has 2 rings (SSSR count). The lowest BCUT2D eigenvalue weighted by Gasteiger charge is -2.16. The first-order chi connectivity index (χ1) is 8.38. The van der Waals surface area contributed by atoms with Gasteiger partial charge in [0.05, 0.1) is 4.90 Å². The highest BCUT2D eigenvalue weighted by Crippen LogP contribution is 2.28. The molecular weight excluding hydrogens is 361 g/mol. The molecule has 2 atom stereocenters. The summed E-state index contributed by atoms with van der Waals surface area (Å²) in [5.74, 6) is 0. The van der Waals surface area contributed by atoms with Crippen molar-refractivity contribution >= 4 is 49.2 Å². The maximum absolute atomic E-state index is 12.2. The zero-order valence-corrected chi connectivity index (χ0v) is 13.3. The van der Waals surface area contributed by atoms with Gasteiger partial charge in [-0.2, -0.15) is 0 Å². The molecule has 0 spiro atoms. The highest BCUT2D eigenvalue weighted by atomic mass is 79.9. The van der Waals surface area contributed by atoms with E-state index in [2.05, 4.69) is 20.7 Å². The van der Waals surface area contributed by atoms with Crippen molar-refractivity contribution in [3.8, 4) is 0 Å². The smallest absolute Gasteiger partial charge is 0.207 e. The molecule has 7 heteroatoms. The highest BCUT2D eigenvalue weighted by Gasteiger charge is 2.29. The molecule has 0 amide bonds. The fraction of sp³-hybridized carbons (Fsp3) is 0.455. The molecular formula is C11H12BrCl2NO2S. The van der Waals surface area contributed by atoms with E-state index in [9.17, 15) is 8.42 Å². The Bertz CT molecular complexity index is 530. The van der Waals surface area contributed by atoms with Crippen LogP contribution < -0.4 is 4.72 Å². The van der Waals surface area contributed by atoms with Crippen LogP contribution in [-0.2, 0) is 10.0 Å². The predicted molar refractivity (Wildman–Crippen MR) is 77.1 cm³/mol. The van der Waals surface area contributed by atoms with Crippen molar-refractivity contribution in [1.82, 2.24) is 4.72 Å². The highest BCUT2D eigenvalue weighted by molar-refractivity contribution is 9.09. The van der Waals surface area contributed by atoms with E-state index in [0.29, 0.717) is 10.0 Å². The Morgan fingerprint density at radius 1 is 1.17 bits per heavy atom. The Labute approximate surface area is 125 Å². The quantitative estimate of drug-likeness (QED) is 0.824. The zero-order valence-electron chi connectivity index (χ0n) is 9.37. The maximum atomic E-state index is 12.2. The van der Waals surface area contributed by atoms with E-state index in [1.807, 2.05) is 0 Å². The van der Waals surface area contributed by atoms with Crippen LogP contribution in [0.15, 0.2) is 23.1 Å². The van der Waals surface area contributed by atoms with Crippen LogP contribution in [0.1, 0.15) is 19.3 Å². The monoisotopic (exact) mass is 371 g/mol. The molecule has 0 aromatic heterocycles. The van der Waals surface area contributed by atoms with Gasteiger partial charge in [-0.05, 0) is 31.0 Å². The minimum Gasteiger partial charge on any atom is -0.207 e. The molecule has 1 aliphatic rings. The Kier molecular flexibility index (Phi) is 4.60. The summed E-state index contributed by atoms with van der Waals surface area (Å²) in [5.41, 5.74) is 0. The summed E-state index contributed by atoms with van der Waals surface area (Å²) < 4.78 is 27.1. The van der Waals surface area contributed by atoms with Crippen LogP contribution in [-0.4, -0.2) is 19.3 Å². The normalized spacial score (nSPS) is 24.4. The van der Waals surface area contributed by atoms with Crippen molar-refractivity contribution in [2.75, 3.05) is 0 Å². The van der Waals surface area contributed by atoms with E-state index >= 15 is 0 Å². The standard InChI is InChI=1S/C11H12BrCl2NO2S/c12-10-2-1-3-11(10)15-18(16,17)9-5-7(13)4-8(14)6-9/h4-6,10-11,15H,1-3H2. The van der Waals surface area contributed by atoms with Gasteiger partial charge in [-0.1, -0.05) is 45.6 Å². The van der Waals surface area contributed by atoms with Gasteiger partial charge < -0.3 is 0 Å². The molecule has 0 heterocycles. The number of alkyl halides is 1. The largest absolute Gasteiger partial charge is 0.240 e. The van der Waals surface area contributed by atoms with Gasteiger partial charge in [0.1, 0.15) is 0 Å². The molecule has 1 fully saturated rings. The van der Waals surface area contributed by atoms with Crippen LogP contribution in [0, 0.1) is 0 Å². The van der Waals surface area contributed by atoms with Gasteiger partial charge in [-0.25, -0.2) is 13.1 Å². The second-order valence-corrected chi connectivity index (χ2v) is 8.04. The van der Waals surface area contributed by atoms with Crippen molar-refractivity contribution in [1.29, 1.82) is 0 Å². The molecule has 1 N–H and O–H groups in total. The molecule has 1 saturated carbocycles. The maximum Gasteiger partial charge on any atom is 0.240 e. The molecule has 1 aromatic rings. The molecule has 0 aliphatic heterocycles. The number of benzene rings is 1. The van der Waals surface area contributed by atoms with E-state index in [1.54, 1.807) is 0 Å². The summed E-state index contributed by atoms with van der Waals surface area (Å²) in [6.07, 6.45) is 2.83. The Morgan fingerprint density at radius 3 is 2.28 bits per heavy atom. The molecule has 0 saturated heterocycles. The lowest BCUT2D eigenvalue weighted by atomic mass is 10.3. The second-order valence-electron chi connectivity index (χ2n) is 4.28. The third-order valence-electron chi connectivity index (χ3n) is 2.88. The number of hydrogen-bond acceptors (Lipinski definition) is 2. The predicted octanol–water partition coefficient (Wildman–Crippen LogP) is 3.59. The van der Waals surface area contributed by atoms with Crippen LogP contribution in [0.3, 0.4) is 0 Å². The van der Waals surface area contributed by atoms with Crippen LogP contribution in [0.4, 0.5) is 0 Å². The Hall–Kier alpha value is 0.190. The van der Waals surface area contributed by atoms with Gasteiger partial charge in [0.2, 0.25) is 10.0 Å². The van der Waals surface area contributed by atoms with Crippen molar-refractivity contribution in [2.45, 2.75) is 35.0 Å². The zero-order chi connectivity index (χ0) is 13.3. The van der Waals surface area contributed by atoms with Crippen LogP contribution >= 0.6 is 39.1 Å². The van der Waals surface area contributed by atoms with E-state index in [4.69, 9.17) is 23.2 Å². The number of rotatable bonds is 3. The third kappa shape index (κ3) is 3.39. The lowest BCUT2D eigenvalue weighted by Crippen LogP contribution is -2.37. The molecule has 18 heavy (non-hydrogen) atoms. The summed E-state index contributed by atoms with van der Waals surface area (Å²) in [6, 6.07) is 4.22. The van der Waals surface area contributed by atoms with Gasteiger partial charge in [0, 0.05) is 20.9 Å². The minimum atomic E-state index is -3.57. The minimum absolute atomic E-state index is 0.0762. The van der Waals surface area contributed by atoms with Crippen LogP contribution in [0.25, 0.3) is 0 Å². The first-order valence-electron chi connectivity index (χ1n) is 5.51. The Balaban J connectivity index is 2.25. The van der Waals surface area contributed by atoms with E-state index in [1.165, 1.54) is 18.2 Å². The number of halogens is 3. The summed E-state index contributed by atoms with van der Waals surface area (Å²) in [5, 5.41) is 0.620. The van der Waals surface area contributed by atoms with E-state index < -0.39 is 10.0 Å². The molecule has 3 nitrogen and oxygen atoms in total. The van der Waals surface area contributed by atoms with Crippen molar-refractivity contribution < 1.29 is 8.42 Å². The van der Waals surface area contributed by atoms with Gasteiger partial charge in [-0.15, -0.1) is 0 Å². The summed E-state index contributed by atoms with van der Waals surface area (Å²) >= 11 is 15.1. The van der Waals surface area contributed by atoms with E-state index in [0.717, 1.165) is 19.3 Å². The fourth-order valence-corrected chi connectivity index (χ4v) is 4.93. The molecule has 0 radical (unpaired) electrons. The van der Waals surface area contributed by atoms with Crippen molar-refractivity contribution in [3.05, 3.63) is 28.2 Å². The summed E-state index contributed by atoms with van der Waals surface area (Å²) in [6.45, 7) is 0. The number of sulfonamides is 1. The van der Waals surface area contributed by atoms with Crippen LogP contribution in [0.2, 0.25) is 10.0 Å². The SMILES string of the molecule is O=S(=O)(NC1CCCC1Br)c1cc(Cl)cc(Cl)c1.